The van der Waals surface area contributed by atoms with Crippen molar-refractivity contribution in [3.8, 4) is 0 Å². The zero-order valence-electron chi connectivity index (χ0n) is 4.42. The third-order valence-corrected chi connectivity index (χ3v) is 0.637. The molecule has 0 amide bonds. The van der Waals surface area contributed by atoms with Crippen molar-refractivity contribution in [3.63, 3.8) is 0 Å². The summed E-state index contributed by atoms with van der Waals surface area (Å²) in [6.07, 6.45) is 1.51. The van der Waals surface area contributed by atoms with Crippen LogP contribution in [-0.2, 0) is 0 Å². The molecule has 0 saturated carbocycles. The summed E-state index contributed by atoms with van der Waals surface area (Å²) in [5.74, 6) is 0. The number of oxazole rings is 1. The Morgan fingerprint density at radius 2 is 2.38 bits per heavy atom. The van der Waals surface area contributed by atoms with Gasteiger partial charge in [0.2, 0.25) is 0 Å². The van der Waals surface area contributed by atoms with Gasteiger partial charge in [-0.2, -0.15) is 4.98 Å². The largest absolute Gasteiger partial charge is 0.432 e. The molecule has 0 aliphatic rings. The lowest BCUT2D eigenvalue weighted by Gasteiger charge is -1.70. The number of aryl methyl sites for hydroxylation is 1. The number of hydrogen-bond acceptors (Lipinski definition) is 3. The summed E-state index contributed by atoms with van der Waals surface area (Å²) in [5, 5.41) is 0. The second-order valence-electron chi connectivity index (χ2n) is 1.33. The molecule has 0 fully saturated rings. The number of aromatic nitrogens is 1. The molecular weight excluding hydrogens is 172 g/mol. The second kappa shape index (κ2) is 2.71. The average molecular weight is 179 g/mol. The molecule has 0 atom stereocenters. The number of anilines is 1. The fourth-order valence-corrected chi connectivity index (χ4v) is 0.372. The van der Waals surface area contributed by atoms with Crippen molar-refractivity contribution >= 4 is 23.0 Å². The summed E-state index contributed by atoms with van der Waals surface area (Å²) in [6, 6.07) is 0.234. The minimum absolute atomic E-state index is 0. The van der Waals surface area contributed by atoms with Gasteiger partial charge in [-0.1, -0.05) is 0 Å². The highest BCUT2D eigenvalue weighted by Gasteiger charge is 1.88. The van der Waals surface area contributed by atoms with Gasteiger partial charge in [0, 0.05) is 0 Å². The molecular formula is C4H7BrN2O. The van der Waals surface area contributed by atoms with E-state index in [1.165, 1.54) is 6.26 Å². The Hall–Kier alpha value is -0.510. The van der Waals surface area contributed by atoms with E-state index in [0.717, 1.165) is 5.69 Å². The van der Waals surface area contributed by atoms with Gasteiger partial charge < -0.3 is 10.2 Å². The minimum Gasteiger partial charge on any atom is -0.432 e. The van der Waals surface area contributed by atoms with Crippen LogP contribution >= 0.6 is 17.0 Å². The SMILES string of the molecule is Br.Cc1coc(N)n1. The lowest BCUT2D eigenvalue weighted by Crippen LogP contribution is -1.81. The highest BCUT2D eigenvalue weighted by atomic mass is 79.9. The highest BCUT2D eigenvalue weighted by Crippen LogP contribution is 1.98. The summed E-state index contributed by atoms with van der Waals surface area (Å²) >= 11 is 0. The Kier molecular flexibility index (Phi) is 2.54. The molecule has 8 heavy (non-hydrogen) atoms. The lowest BCUT2D eigenvalue weighted by atomic mass is 10.6. The minimum atomic E-state index is 0. The van der Waals surface area contributed by atoms with E-state index in [4.69, 9.17) is 5.73 Å². The zero-order valence-corrected chi connectivity index (χ0v) is 6.13. The lowest BCUT2D eigenvalue weighted by molar-refractivity contribution is 0.579. The van der Waals surface area contributed by atoms with Crippen LogP contribution in [-0.4, -0.2) is 4.98 Å². The zero-order chi connectivity index (χ0) is 5.28. The Bertz CT molecular complexity index is 146. The maximum Gasteiger partial charge on any atom is 0.292 e. The molecule has 4 heteroatoms. The highest BCUT2D eigenvalue weighted by molar-refractivity contribution is 8.93. The monoisotopic (exact) mass is 178 g/mol. The van der Waals surface area contributed by atoms with Crippen LogP contribution in [0.4, 0.5) is 6.01 Å². The standard InChI is InChI=1S/C4H6N2O.BrH/c1-3-2-7-4(5)6-3;/h2H,1H3,(H2,5,6);1H. The van der Waals surface area contributed by atoms with Crippen LogP contribution in [0.25, 0.3) is 0 Å². The number of nitrogens with two attached hydrogens (primary N) is 1. The third-order valence-electron chi connectivity index (χ3n) is 0.637. The molecule has 0 saturated heterocycles. The molecule has 0 aliphatic carbocycles. The molecule has 3 nitrogen and oxygen atoms in total. The first-order valence-corrected chi connectivity index (χ1v) is 1.96. The maximum absolute atomic E-state index is 5.10. The van der Waals surface area contributed by atoms with Crippen molar-refractivity contribution in [2.24, 2.45) is 0 Å². The molecule has 0 spiro atoms. The van der Waals surface area contributed by atoms with Gasteiger partial charge in [-0.25, -0.2) is 0 Å². The van der Waals surface area contributed by atoms with Crippen LogP contribution in [0.3, 0.4) is 0 Å². The summed E-state index contributed by atoms with van der Waals surface area (Å²) in [6.45, 7) is 1.82. The molecule has 0 radical (unpaired) electrons. The predicted octanol–water partition coefficient (Wildman–Crippen LogP) is 1.14. The molecule has 0 unspecified atom stereocenters. The Labute approximate surface area is 57.7 Å². The van der Waals surface area contributed by atoms with Crippen LogP contribution < -0.4 is 5.73 Å². The molecule has 0 aromatic carbocycles. The predicted molar refractivity (Wildman–Crippen MR) is 36.0 cm³/mol. The smallest absolute Gasteiger partial charge is 0.292 e. The van der Waals surface area contributed by atoms with Gasteiger partial charge in [-0.05, 0) is 6.92 Å². The van der Waals surface area contributed by atoms with E-state index in [-0.39, 0.29) is 23.0 Å². The molecule has 1 rings (SSSR count). The molecule has 1 heterocycles. The van der Waals surface area contributed by atoms with E-state index in [0.29, 0.717) is 0 Å². The normalized spacial score (nSPS) is 8.12. The van der Waals surface area contributed by atoms with Crippen molar-refractivity contribution in [2.75, 3.05) is 5.73 Å². The Morgan fingerprint density at radius 3 is 2.50 bits per heavy atom. The molecule has 0 aliphatic heterocycles. The molecule has 1 aromatic rings. The maximum atomic E-state index is 5.10. The fourth-order valence-electron chi connectivity index (χ4n) is 0.372. The van der Waals surface area contributed by atoms with E-state index >= 15 is 0 Å². The van der Waals surface area contributed by atoms with E-state index in [1.54, 1.807) is 0 Å². The first kappa shape index (κ1) is 7.49. The van der Waals surface area contributed by atoms with Gasteiger partial charge in [0.15, 0.2) is 0 Å². The van der Waals surface area contributed by atoms with E-state index in [1.807, 2.05) is 6.92 Å². The number of nitrogen functional groups attached to an aromatic ring is 1. The van der Waals surface area contributed by atoms with E-state index in [2.05, 4.69) is 9.40 Å². The quantitative estimate of drug-likeness (QED) is 0.649. The number of rotatable bonds is 0. The van der Waals surface area contributed by atoms with Gasteiger partial charge in [0.25, 0.3) is 6.01 Å². The molecule has 1 aromatic heterocycles. The van der Waals surface area contributed by atoms with Gasteiger partial charge in [-0.3, -0.25) is 0 Å². The van der Waals surface area contributed by atoms with Crippen molar-refractivity contribution in [2.45, 2.75) is 6.92 Å². The van der Waals surface area contributed by atoms with Crippen molar-refractivity contribution in [1.29, 1.82) is 0 Å². The molecule has 0 bridgehead atoms. The molecule has 2 N–H and O–H groups in total. The first-order valence-electron chi connectivity index (χ1n) is 1.96. The summed E-state index contributed by atoms with van der Waals surface area (Å²) in [5.41, 5.74) is 5.92. The fraction of sp³-hybridized carbons (Fsp3) is 0.250. The van der Waals surface area contributed by atoms with Gasteiger partial charge in [0.1, 0.15) is 6.26 Å². The summed E-state index contributed by atoms with van der Waals surface area (Å²) < 4.78 is 4.63. The third kappa shape index (κ3) is 1.54. The summed E-state index contributed by atoms with van der Waals surface area (Å²) in [7, 11) is 0. The number of halogens is 1. The van der Waals surface area contributed by atoms with Crippen molar-refractivity contribution < 1.29 is 4.42 Å². The number of hydrogen-bond donors (Lipinski definition) is 1. The van der Waals surface area contributed by atoms with Crippen LogP contribution in [0.15, 0.2) is 10.7 Å². The number of nitrogens with zero attached hydrogens (tertiary/aromatic N) is 1. The Balaban J connectivity index is 0.000000490. The second-order valence-corrected chi connectivity index (χ2v) is 1.33. The topological polar surface area (TPSA) is 52.0 Å². The van der Waals surface area contributed by atoms with Crippen LogP contribution in [0.2, 0.25) is 0 Å². The van der Waals surface area contributed by atoms with E-state index < -0.39 is 0 Å². The first-order chi connectivity index (χ1) is 3.29. The summed E-state index contributed by atoms with van der Waals surface area (Å²) in [4.78, 5) is 3.72. The average Bonchev–Trinajstić information content (AvgIpc) is 1.87. The molecule has 46 valence electrons. The Morgan fingerprint density at radius 1 is 1.75 bits per heavy atom. The van der Waals surface area contributed by atoms with Crippen LogP contribution in [0.5, 0.6) is 0 Å². The van der Waals surface area contributed by atoms with Crippen LogP contribution in [0.1, 0.15) is 5.69 Å². The van der Waals surface area contributed by atoms with Crippen molar-refractivity contribution in [1.82, 2.24) is 4.98 Å². The van der Waals surface area contributed by atoms with E-state index in [9.17, 15) is 0 Å². The van der Waals surface area contributed by atoms with Gasteiger partial charge in [0.05, 0.1) is 5.69 Å². The van der Waals surface area contributed by atoms with Gasteiger partial charge >= 0.3 is 0 Å². The van der Waals surface area contributed by atoms with Gasteiger partial charge in [-0.15, -0.1) is 17.0 Å². The van der Waals surface area contributed by atoms with Crippen molar-refractivity contribution in [3.05, 3.63) is 12.0 Å². The van der Waals surface area contributed by atoms with Crippen LogP contribution in [0, 0.1) is 6.92 Å².